The minimum absolute atomic E-state index is 0.105. The van der Waals surface area contributed by atoms with Crippen molar-refractivity contribution in [3.8, 4) is 11.8 Å². The Morgan fingerprint density at radius 3 is 2.84 bits per heavy atom. The lowest BCUT2D eigenvalue weighted by molar-refractivity contribution is 0.301. The third-order valence-electron chi connectivity index (χ3n) is 3.88. The molecule has 25 heavy (non-hydrogen) atoms. The minimum atomic E-state index is 0.105. The van der Waals surface area contributed by atoms with Crippen LogP contribution < -0.4 is 21.7 Å². The molecule has 7 heteroatoms. The first-order valence-electron chi connectivity index (χ1n) is 7.64. The summed E-state index contributed by atoms with van der Waals surface area (Å²) in [5, 5.41) is 14.6. The molecule has 0 saturated heterocycles. The van der Waals surface area contributed by atoms with Crippen LogP contribution in [-0.2, 0) is 13.7 Å². The first kappa shape index (κ1) is 16.4. The van der Waals surface area contributed by atoms with Crippen molar-refractivity contribution in [2.24, 2.45) is 18.6 Å². The van der Waals surface area contributed by atoms with Crippen molar-refractivity contribution in [3.63, 3.8) is 0 Å². The molecule has 1 heterocycles. The average molecular weight is 334 g/mol. The summed E-state index contributed by atoms with van der Waals surface area (Å²) in [6.07, 6.45) is 0. The molecule has 2 aromatic carbocycles. The molecule has 0 spiro atoms. The number of nitriles is 1. The summed E-state index contributed by atoms with van der Waals surface area (Å²) in [7, 11) is 1.90. The Kier molecular flexibility index (Phi) is 4.55. The van der Waals surface area contributed by atoms with Gasteiger partial charge in [-0.1, -0.05) is 30.3 Å². The van der Waals surface area contributed by atoms with Crippen LogP contribution in [0.15, 0.2) is 54.2 Å². The number of benzene rings is 2. The molecular formula is C18H18N6O. The van der Waals surface area contributed by atoms with E-state index in [2.05, 4.69) is 10.5 Å². The molecule has 7 nitrogen and oxygen atoms in total. The van der Waals surface area contributed by atoms with Gasteiger partial charge in [-0.25, -0.2) is 5.84 Å². The van der Waals surface area contributed by atoms with Crippen molar-refractivity contribution in [2.45, 2.75) is 6.61 Å². The van der Waals surface area contributed by atoms with Crippen LogP contribution in [0.1, 0.15) is 11.3 Å². The highest BCUT2D eigenvalue weighted by Crippen LogP contribution is 2.22. The molecule has 0 radical (unpaired) electrons. The van der Waals surface area contributed by atoms with Crippen LogP contribution in [0.4, 0.5) is 0 Å². The molecule has 0 unspecified atom stereocenters. The molecule has 0 aliphatic rings. The van der Waals surface area contributed by atoms with Gasteiger partial charge in [0.1, 0.15) is 24.1 Å². The van der Waals surface area contributed by atoms with Crippen LogP contribution in [0.25, 0.3) is 16.6 Å². The first-order chi connectivity index (χ1) is 12.1. The highest BCUT2D eigenvalue weighted by atomic mass is 16.5. The van der Waals surface area contributed by atoms with E-state index in [4.69, 9.17) is 21.6 Å². The largest absolute Gasteiger partial charge is 0.487 e. The molecule has 0 atom stereocenters. The second kappa shape index (κ2) is 6.95. The smallest absolute Gasteiger partial charge is 0.151 e. The molecule has 126 valence electrons. The third kappa shape index (κ3) is 3.24. The molecule has 0 aliphatic carbocycles. The van der Waals surface area contributed by atoms with E-state index in [1.54, 1.807) is 18.2 Å². The summed E-state index contributed by atoms with van der Waals surface area (Å²) >= 11 is 0. The maximum absolute atomic E-state index is 9.01. The van der Waals surface area contributed by atoms with Crippen LogP contribution in [0.3, 0.4) is 0 Å². The topological polar surface area (TPSA) is 115 Å². The number of hydrogen-bond donors (Lipinski definition) is 3. The van der Waals surface area contributed by atoms with Crippen molar-refractivity contribution in [1.29, 1.82) is 5.26 Å². The predicted molar refractivity (Wildman–Crippen MR) is 95.5 cm³/mol. The summed E-state index contributed by atoms with van der Waals surface area (Å²) in [6.45, 7) is 0.328. The minimum Gasteiger partial charge on any atom is -0.487 e. The quantitative estimate of drug-likeness (QED) is 0.372. The molecular weight excluding hydrogens is 316 g/mol. The van der Waals surface area contributed by atoms with Crippen LogP contribution in [0.5, 0.6) is 5.75 Å². The standard InChI is InChI=1S/C18H18N6O/c1-24-17-8-3-2-7-14(17)16(23-24)11-25-13-6-4-5-12(9-13)18(20)15(10-19)22-21/h2-9,22H,11,20-21H2,1H3/b18-15-. The summed E-state index contributed by atoms with van der Waals surface area (Å²) in [5.41, 5.74) is 11.2. The number of nitrogens with two attached hydrogens (primary N) is 2. The van der Waals surface area contributed by atoms with Gasteiger partial charge in [0.15, 0.2) is 5.70 Å². The third-order valence-corrected chi connectivity index (χ3v) is 3.88. The second-order valence-electron chi connectivity index (χ2n) is 5.45. The van der Waals surface area contributed by atoms with Gasteiger partial charge in [0.05, 0.1) is 11.2 Å². The van der Waals surface area contributed by atoms with Gasteiger partial charge in [0.2, 0.25) is 0 Å². The van der Waals surface area contributed by atoms with E-state index >= 15 is 0 Å². The SMILES string of the molecule is Cn1nc(COc2cccc(/C(N)=C(\C#N)NN)c2)c2ccccc21. The van der Waals surface area contributed by atoms with Gasteiger partial charge in [0.25, 0.3) is 0 Å². The van der Waals surface area contributed by atoms with Gasteiger partial charge in [-0.3, -0.25) is 4.68 Å². The van der Waals surface area contributed by atoms with Crippen LogP contribution in [-0.4, -0.2) is 9.78 Å². The number of para-hydroxylation sites is 1. The average Bonchev–Trinajstić information content (AvgIpc) is 2.97. The molecule has 0 amide bonds. The number of hydrogen-bond acceptors (Lipinski definition) is 6. The van der Waals surface area contributed by atoms with Crippen LogP contribution in [0, 0.1) is 11.3 Å². The molecule has 0 saturated carbocycles. The maximum atomic E-state index is 9.01. The zero-order valence-electron chi connectivity index (χ0n) is 13.7. The maximum Gasteiger partial charge on any atom is 0.151 e. The number of allylic oxidation sites excluding steroid dienone is 1. The van der Waals surface area contributed by atoms with Gasteiger partial charge in [-0.2, -0.15) is 10.4 Å². The Labute approximate surface area is 145 Å². The molecule has 3 aromatic rings. The monoisotopic (exact) mass is 334 g/mol. The van der Waals surface area contributed by atoms with Crippen molar-refractivity contribution >= 4 is 16.6 Å². The zero-order valence-corrected chi connectivity index (χ0v) is 13.7. The van der Waals surface area contributed by atoms with E-state index in [0.29, 0.717) is 17.9 Å². The molecule has 0 aliphatic heterocycles. The van der Waals surface area contributed by atoms with Gasteiger partial charge >= 0.3 is 0 Å². The summed E-state index contributed by atoms with van der Waals surface area (Å²) in [5.74, 6) is 5.93. The molecule has 1 aromatic heterocycles. The van der Waals surface area contributed by atoms with Gasteiger partial charge in [-0.05, 0) is 18.2 Å². The van der Waals surface area contributed by atoms with Crippen molar-refractivity contribution in [3.05, 3.63) is 65.5 Å². The molecule has 0 fully saturated rings. The Morgan fingerprint density at radius 1 is 1.28 bits per heavy atom. The fraction of sp³-hybridized carbons (Fsp3) is 0.111. The number of aryl methyl sites for hydroxylation is 1. The highest BCUT2D eigenvalue weighted by molar-refractivity contribution is 5.81. The number of rotatable bonds is 5. The van der Waals surface area contributed by atoms with Crippen molar-refractivity contribution in [2.75, 3.05) is 0 Å². The van der Waals surface area contributed by atoms with E-state index in [1.807, 2.05) is 48.1 Å². The van der Waals surface area contributed by atoms with E-state index in [0.717, 1.165) is 16.6 Å². The number of hydrazine groups is 1. The van der Waals surface area contributed by atoms with E-state index in [1.165, 1.54) is 0 Å². The van der Waals surface area contributed by atoms with Gasteiger partial charge in [-0.15, -0.1) is 0 Å². The second-order valence-corrected chi connectivity index (χ2v) is 5.45. The fourth-order valence-corrected chi connectivity index (χ4v) is 2.61. The fourth-order valence-electron chi connectivity index (χ4n) is 2.61. The summed E-state index contributed by atoms with van der Waals surface area (Å²) in [6, 6.07) is 17.1. The molecule has 5 N–H and O–H groups in total. The Morgan fingerprint density at radius 2 is 2.08 bits per heavy atom. The summed E-state index contributed by atoms with van der Waals surface area (Å²) < 4.78 is 7.69. The summed E-state index contributed by atoms with van der Waals surface area (Å²) in [4.78, 5) is 0. The molecule has 0 bridgehead atoms. The van der Waals surface area contributed by atoms with Crippen LogP contribution in [0.2, 0.25) is 0 Å². The number of aromatic nitrogens is 2. The molecule has 3 rings (SSSR count). The van der Waals surface area contributed by atoms with E-state index in [-0.39, 0.29) is 11.4 Å². The van der Waals surface area contributed by atoms with Crippen molar-refractivity contribution in [1.82, 2.24) is 15.2 Å². The lowest BCUT2D eigenvalue weighted by atomic mass is 10.1. The number of fused-ring (bicyclic) bond motifs is 1. The van der Waals surface area contributed by atoms with Gasteiger partial charge in [0, 0.05) is 18.0 Å². The Hall–Kier alpha value is -3.50. The number of ether oxygens (including phenoxy) is 1. The van der Waals surface area contributed by atoms with Gasteiger partial charge < -0.3 is 15.9 Å². The van der Waals surface area contributed by atoms with E-state index < -0.39 is 0 Å². The normalized spacial score (nSPS) is 11.7. The Balaban J connectivity index is 1.84. The highest BCUT2D eigenvalue weighted by Gasteiger charge is 2.10. The lowest BCUT2D eigenvalue weighted by Gasteiger charge is -2.09. The zero-order chi connectivity index (χ0) is 17.8. The lowest BCUT2D eigenvalue weighted by Crippen LogP contribution is -2.23. The number of nitrogens with zero attached hydrogens (tertiary/aromatic N) is 3. The van der Waals surface area contributed by atoms with Crippen molar-refractivity contribution < 1.29 is 4.74 Å². The first-order valence-corrected chi connectivity index (χ1v) is 7.64. The van der Waals surface area contributed by atoms with E-state index in [9.17, 15) is 0 Å². The number of nitrogens with one attached hydrogen (secondary N) is 1. The Bertz CT molecular complexity index is 983. The van der Waals surface area contributed by atoms with Crippen LogP contribution >= 0.6 is 0 Å². The predicted octanol–water partition coefficient (Wildman–Crippen LogP) is 1.77.